The number of nitrogens with two attached hydrogens (primary N) is 1. The van der Waals surface area contributed by atoms with Crippen molar-refractivity contribution in [2.24, 2.45) is 5.73 Å². The molecule has 0 aliphatic heterocycles. The molecule has 0 spiro atoms. The molecule has 0 saturated heterocycles. The Balaban J connectivity index is 2.96. The van der Waals surface area contributed by atoms with Gasteiger partial charge in [-0.15, -0.1) is 0 Å². The van der Waals surface area contributed by atoms with Gasteiger partial charge in [0.05, 0.1) is 5.02 Å². The Labute approximate surface area is 120 Å². The zero-order chi connectivity index (χ0) is 14.7. The lowest BCUT2D eigenvalue weighted by atomic mass is 9.95. The van der Waals surface area contributed by atoms with Crippen LogP contribution in [0.5, 0.6) is 0 Å². The van der Waals surface area contributed by atoms with Crippen LogP contribution in [0.4, 0.5) is 0 Å². The van der Waals surface area contributed by atoms with Gasteiger partial charge in [-0.05, 0) is 37.5 Å². The van der Waals surface area contributed by atoms with Gasteiger partial charge in [0, 0.05) is 12.1 Å². The van der Waals surface area contributed by atoms with Crippen molar-refractivity contribution in [2.45, 2.75) is 44.0 Å². The van der Waals surface area contributed by atoms with E-state index in [4.69, 9.17) is 17.3 Å². The average molecular weight is 305 g/mol. The van der Waals surface area contributed by atoms with Crippen LogP contribution in [0.15, 0.2) is 23.1 Å². The minimum absolute atomic E-state index is 0.101. The monoisotopic (exact) mass is 304 g/mol. The zero-order valence-corrected chi connectivity index (χ0v) is 13.1. The summed E-state index contributed by atoms with van der Waals surface area (Å²) in [5, 5.41) is 0.216. The third-order valence-electron chi connectivity index (χ3n) is 3.40. The number of aryl methyl sites for hydroxylation is 1. The molecule has 0 saturated carbocycles. The molecule has 0 aromatic heterocycles. The van der Waals surface area contributed by atoms with Crippen LogP contribution in [0.1, 0.15) is 32.3 Å². The molecule has 6 heteroatoms. The van der Waals surface area contributed by atoms with Gasteiger partial charge < -0.3 is 5.73 Å². The highest BCUT2D eigenvalue weighted by Crippen LogP contribution is 2.22. The van der Waals surface area contributed by atoms with E-state index in [0.29, 0.717) is 12.8 Å². The summed E-state index contributed by atoms with van der Waals surface area (Å²) in [5.41, 5.74) is 6.41. The zero-order valence-electron chi connectivity index (χ0n) is 11.5. The van der Waals surface area contributed by atoms with Gasteiger partial charge >= 0.3 is 0 Å². The van der Waals surface area contributed by atoms with Gasteiger partial charge in [0.2, 0.25) is 10.0 Å². The molecule has 0 atom stereocenters. The largest absolute Gasteiger partial charge is 0.324 e. The van der Waals surface area contributed by atoms with Crippen molar-refractivity contribution in [1.82, 2.24) is 4.72 Å². The highest BCUT2D eigenvalue weighted by molar-refractivity contribution is 7.89. The molecule has 1 aromatic carbocycles. The summed E-state index contributed by atoms with van der Waals surface area (Å²) in [4.78, 5) is 0.101. The van der Waals surface area contributed by atoms with Crippen LogP contribution >= 0.6 is 11.6 Å². The van der Waals surface area contributed by atoms with E-state index >= 15 is 0 Å². The van der Waals surface area contributed by atoms with E-state index in [0.717, 1.165) is 5.56 Å². The fourth-order valence-corrected chi connectivity index (χ4v) is 3.35. The van der Waals surface area contributed by atoms with Gasteiger partial charge in [-0.25, -0.2) is 13.1 Å². The molecule has 1 rings (SSSR count). The van der Waals surface area contributed by atoms with Gasteiger partial charge in [-0.2, -0.15) is 0 Å². The van der Waals surface area contributed by atoms with Crippen LogP contribution in [0, 0.1) is 6.92 Å². The fourth-order valence-electron chi connectivity index (χ4n) is 1.63. The summed E-state index contributed by atoms with van der Waals surface area (Å²) in [6.45, 7) is 5.90. The van der Waals surface area contributed by atoms with E-state index < -0.39 is 15.6 Å². The third-order valence-corrected chi connectivity index (χ3v) is 5.28. The molecule has 0 fully saturated rings. The lowest BCUT2D eigenvalue weighted by molar-refractivity contribution is 0.392. The minimum Gasteiger partial charge on any atom is -0.324 e. The number of benzene rings is 1. The van der Waals surface area contributed by atoms with E-state index in [1.807, 2.05) is 20.8 Å². The lowest BCUT2D eigenvalue weighted by Gasteiger charge is -2.26. The fraction of sp³-hybridized carbons (Fsp3) is 0.538. The molecule has 0 bridgehead atoms. The summed E-state index contributed by atoms with van der Waals surface area (Å²) < 4.78 is 27.0. The number of sulfonamides is 1. The number of nitrogens with one attached hydrogen (secondary N) is 1. The van der Waals surface area contributed by atoms with Crippen LogP contribution < -0.4 is 10.5 Å². The first kappa shape index (κ1) is 16.4. The Bertz CT molecular complexity index is 540. The molecule has 1 aromatic rings. The first-order chi connectivity index (χ1) is 8.74. The number of rotatable bonds is 6. The smallest absolute Gasteiger partial charge is 0.242 e. The molecular formula is C13H21ClN2O2S. The second-order valence-electron chi connectivity index (χ2n) is 4.83. The number of hydrogen-bond acceptors (Lipinski definition) is 3. The molecule has 0 aliphatic carbocycles. The standard InChI is InChI=1S/C13H21ClN2O2S/c1-4-13(15,5-2)9-16-19(17,18)12-8-10(3)6-7-11(12)14/h6-8,16H,4-5,9,15H2,1-3H3. The Morgan fingerprint density at radius 3 is 2.42 bits per heavy atom. The molecule has 3 N–H and O–H groups in total. The van der Waals surface area contributed by atoms with Crippen molar-refractivity contribution in [2.75, 3.05) is 6.54 Å². The quantitative estimate of drug-likeness (QED) is 0.848. The topological polar surface area (TPSA) is 72.2 Å². The van der Waals surface area contributed by atoms with Crippen molar-refractivity contribution in [1.29, 1.82) is 0 Å². The van der Waals surface area contributed by atoms with E-state index in [9.17, 15) is 8.42 Å². The molecule has 108 valence electrons. The summed E-state index contributed by atoms with van der Waals surface area (Å²) in [6, 6.07) is 4.91. The second kappa shape index (κ2) is 6.22. The predicted molar refractivity (Wildman–Crippen MR) is 78.9 cm³/mol. The third kappa shape index (κ3) is 4.18. The van der Waals surface area contributed by atoms with Gasteiger partial charge in [-0.1, -0.05) is 31.5 Å². The van der Waals surface area contributed by atoms with Crippen molar-refractivity contribution in [3.05, 3.63) is 28.8 Å². The Kier molecular flexibility index (Phi) is 5.38. The number of halogens is 1. The molecule has 19 heavy (non-hydrogen) atoms. The average Bonchev–Trinajstić information content (AvgIpc) is 2.39. The highest BCUT2D eigenvalue weighted by Gasteiger charge is 2.25. The SMILES string of the molecule is CCC(N)(CC)CNS(=O)(=O)c1cc(C)ccc1Cl. The predicted octanol–water partition coefficient (Wildman–Crippen LogP) is 2.44. The first-order valence-corrected chi connectivity index (χ1v) is 8.15. The normalized spacial score (nSPS) is 12.7. The molecule has 0 unspecified atom stereocenters. The first-order valence-electron chi connectivity index (χ1n) is 6.29. The maximum Gasteiger partial charge on any atom is 0.242 e. The molecule has 4 nitrogen and oxygen atoms in total. The van der Waals surface area contributed by atoms with Gasteiger partial charge in [0.25, 0.3) is 0 Å². The van der Waals surface area contributed by atoms with Crippen LogP contribution in [-0.2, 0) is 10.0 Å². The maximum atomic E-state index is 12.2. The van der Waals surface area contributed by atoms with Crippen molar-refractivity contribution in [3.8, 4) is 0 Å². The van der Waals surface area contributed by atoms with Crippen molar-refractivity contribution >= 4 is 21.6 Å². The van der Waals surface area contributed by atoms with E-state index in [2.05, 4.69) is 4.72 Å². The van der Waals surface area contributed by atoms with Gasteiger partial charge in [0.1, 0.15) is 4.90 Å². The van der Waals surface area contributed by atoms with Crippen LogP contribution in [-0.4, -0.2) is 20.5 Å². The minimum atomic E-state index is -3.63. The maximum absolute atomic E-state index is 12.2. The second-order valence-corrected chi connectivity index (χ2v) is 6.97. The highest BCUT2D eigenvalue weighted by atomic mass is 35.5. The van der Waals surface area contributed by atoms with Crippen molar-refractivity contribution < 1.29 is 8.42 Å². The van der Waals surface area contributed by atoms with Crippen LogP contribution in [0.2, 0.25) is 5.02 Å². The van der Waals surface area contributed by atoms with Gasteiger partial charge in [0.15, 0.2) is 0 Å². The van der Waals surface area contributed by atoms with Crippen molar-refractivity contribution in [3.63, 3.8) is 0 Å². The summed E-state index contributed by atoms with van der Waals surface area (Å²) in [5.74, 6) is 0. The van der Waals surface area contributed by atoms with E-state index in [1.165, 1.54) is 0 Å². The summed E-state index contributed by atoms with van der Waals surface area (Å²) >= 11 is 5.95. The Hall–Kier alpha value is -0.620. The molecule has 0 heterocycles. The number of hydrogen-bond donors (Lipinski definition) is 2. The van der Waals surface area contributed by atoms with Crippen LogP contribution in [0.25, 0.3) is 0 Å². The van der Waals surface area contributed by atoms with Gasteiger partial charge in [-0.3, -0.25) is 0 Å². The summed E-state index contributed by atoms with van der Waals surface area (Å²) in [6.07, 6.45) is 1.40. The Morgan fingerprint density at radius 1 is 1.32 bits per heavy atom. The van der Waals surface area contributed by atoms with Crippen LogP contribution in [0.3, 0.4) is 0 Å². The molecule has 0 aliphatic rings. The molecular weight excluding hydrogens is 284 g/mol. The van der Waals surface area contributed by atoms with E-state index in [1.54, 1.807) is 18.2 Å². The van der Waals surface area contributed by atoms with E-state index in [-0.39, 0.29) is 16.5 Å². The Morgan fingerprint density at radius 2 is 1.89 bits per heavy atom. The molecule has 0 amide bonds. The lowest BCUT2D eigenvalue weighted by Crippen LogP contribution is -2.49. The summed E-state index contributed by atoms with van der Waals surface area (Å²) in [7, 11) is -3.63. The molecule has 0 radical (unpaired) electrons.